The molecule has 1 fully saturated rings. The van der Waals surface area contributed by atoms with Gasteiger partial charge in [-0.15, -0.1) is 0 Å². The molecule has 94 valence electrons. The molecular formula is C11H17N3O2S. The first-order valence-corrected chi connectivity index (χ1v) is 6.54. The summed E-state index contributed by atoms with van der Waals surface area (Å²) in [5, 5.41) is 13.2. The number of rotatable bonds is 3. The second-order valence-electron chi connectivity index (χ2n) is 4.32. The Hall–Kier alpha value is -1.14. The zero-order valence-electron chi connectivity index (χ0n) is 10.0. The molecule has 0 bridgehead atoms. The lowest BCUT2D eigenvalue weighted by molar-refractivity contribution is 0.0767. The molecule has 0 spiro atoms. The Bertz CT molecular complexity index is 405. The molecule has 6 heteroatoms. The minimum atomic E-state index is -0.345. The standard InChI is InChI=1S/C11H17N3O2S/c1-7(15)8-3-4-14(6-8)10(16)9-5-13-11(12-2)17-9/h5,7-8,15H,3-4,6H2,1-2H3,(H,12,13). The summed E-state index contributed by atoms with van der Waals surface area (Å²) >= 11 is 1.36. The summed E-state index contributed by atoms with van der Waals surface area (Å²) in [7, 11) is 1.78. The van der Waals surface area contributed by atoms with Gasteiger partial charge in [0.2, 0.25) is 0 Å². The van der Waals surface area contributed by atoms with E-state index in [1.165, 1.54) is 11.3 Å². The highest BCUT2D eigenvalue weighted by molar-refractivity contribution is 7.17. The summed E-state index contributed by atoms with van der Waals surface area (Å²) in [6.07, 6.45) is 2.14. The van der Waals surface area contributed by atoms with Gasteiger partial charge in [-0.25, -0.2) is 4.98 Å². The van der Waals surface area contributed by atoms with Gasteiger partial charge in [-0.2, -0.15) is 0 Å². The van der Waals surface area contributed by atoms with Crippen LogP contribution in [0.1, 0.15) is 23.0 Å². The van der Waals surface area contributed by atoms with Crippen molar-refractivity contribution in [3.05, 3.63) is 11.1 Å². The maximum absolute atomic E-state index is 12.1. The van der Waals surface area contributed by atoms with Gasteiger partial charge in [-0.3, -0.25) is 4.79 Å². The Morgan fingerprint density at radius 1 is 1.76 bits per heavy atom. The zero-order valence-corrected chi connectivity index (χ0v) is 10.8. The van der Waals surface area contributed by atoms with E-state index in [1.807, 2.05) is 0 Å². The molecule has 2 unspecified atom stereocenters. The van der Waals surface area contributed by atoms with Crippen molar-refractivity contribution in [2.75, 3.05) is 25.5 Å². The van der Waals surface area contributed by atoms with E-state index in [0.717, 1.165) is 18.1 Å². The summed E-state index contributed by atoms with van der Waals surface area (Å²) < 4.78 is 0. The normalized spacial score (nSPS) is 21.6. The summed E-state index contributed by atoms with van der Waals surface area (Å²) in [5.41, 5.74) is 0. The number of carbonyl (C=O) groups is 1. The van der Waals surface area contributed by atoms with Crippen molar-refractivity contribution in [1.82, 2.24) is 9.88 Å². The highest BCUT2D eigenvalue weighted by Gasteiger charge is 2.30. The molecule has 2 N–H and O–H groups in total. The van der Waals surface area contributed by atoms with Crippen LogP contribution in [0.2, 0.25) is 0 Å². The van der Waals surface area contributed by atoms with Crippen molar-refractivity contribution >= 4 is 22.4 Å². The van der Waals surface area contributed by atoms with Crippen LogP contribution in [-0.4, -0.2) is 47.1 Å². The second kappa shape index (κ2) is 5.01. The van der Waals surface area contributed by atoms with Crippen molar-refractivity contribution in [2.24, 2.45) is 5.92 Å². The van der Waals surface area contributed by atoms with Gasteiger partial charge in [-0.05, 0) is 13.3 Å². The van der Waals surface area contributed by atoms with Gasteiger partial charge in [0, 0.05) is 26.1 Å². The van der Waals surface area contributed by atoms with E-state index in [-0.39, 0.29) is 17.9 Å². The average Bonchev–Trinajstić information content (AvgIpc) is 2.97. The van der Waals surface area contributed by atoms with Crippen molar-refractivity contribution < 1.29 is 9.90 Å². The Kier molecular flexibility index (Phi) is 3.63. The number of hydrogen-bond acceptors (Lipinski definition) is 5. The lowest BCUT2D eigenvalue weighted by Crippen LogP contribution is -2.29. The molecule has 1 aliphatic heterocycles. The quantitative estimate of drug-likeness (QED) is 0.846. The fourth-order valence-electron chi connectivity index (χ4n) is 2.01. The number of aromatic nitrogens is 1. The molecule has 1 amide bonds. The number of anilines is 1. The molecule has 17 heavy (non-hydrogen) atoms. The number of nitrogens with zero attached hydrogens (tertiary/aromatic N) is 2. The first kappa shape index (κ1) is 12.3. The number of carbonyl (C=O) groups excluding carboxylic acids is 1. The van der Waals surface area contributed by atoms with E-state index >= 15 is 0 Å². The predicted octanol–water partition coefficient (Wildman–Crippen LogP) is 1.03. The molecule has 0 aromatic carbocycles. The van der Waals surface area contributed by atoms with E-state index in [9.17, 15) is 9.90 Å². The summed E-state index contributed by atoms with van der Waals surface area (Å²) in [4.78, 5) is 18.7. The molecule has 0 saturated carbocycles. The van der Waals surface area contributed by atoms with Crippen LogP contribution in [-0.2, 0) is 0 Å². The highest BCUT2D eigenvalue weighted by Crippen LogP contribution is 2.24. The van der Waals surface area contributed by atoms with Gasteiger partial charge >= 0.3 is 0 Å². The zero-order chi connectivity index (χ0) is 12.4. The van der Waals surface area contributed by atoms with Gasteiger partial charge in [-0.1, -0.05) is 11.3 Å². The lowest BCUT2D eigenvalue weighted by atomic mass is 10.0. The maximum atomic E-state index is 12.1. The van der Waals surface area contributed by atoms with E-state index in [1.54, 1.807) is 25.1 Å². The smallest absolute Gasteiger partial charge is 0.265 e. The van der Waals surface area contributed by atoms with Crippen LogP contribution >= 0.6 is 11.3 Å². The van der Waals surface area contributed by atoms with E-state index in [0.29, 0.717) is 11.4 Å². The van der Waals surface area contributed by atoms with Gasteiger partial charge < -0.3 is 15.3 Å². The van der Waals surface area contributed by atoms with Gasteiger partial charge in [0.1, 0.15) is 4.88 Å². The third-order valence-corrected chi connectivity index (χ3v) is 4.13. The van der Waals surface area contributed by atoms with Crippen LogP contribution in [0.3, 0.4) is 0 Å². The van der Waals surface area contributed by atoms with E-state index < -0.39 is 0 Å². The van der Waals surface area contributed by atoms with Crippen LogP contribution in [0, 0.1) is 5.92 Å². The Morgan fingerprint density at radius 3 is 3.06 bits per heavy atom. The Labute approximate surface area is 104 Å². The number of amides is 1. The lowest BCUT2D eigenvalue weighted by Gasteiger charge is -2.16. The second-order valence-corrected chi connectivity index (χ2v) is 5.35. The molecule has 1 aromatic rings. The third kappa shape index (κ3) is 2.58. The molecule has 1 aromatic heterocycles. The number of hydrogen-bond donors (Lipinski definition) is 2. The molecule has 0 radical (unpaired) electrons. The SMILES string of the molecule is CNc1ncc(C(=O)N2CCC(C(C)O)C2)s1. The summed E-state index contributed by atoms with van der Waals surface area (Å²) in [6.45, 7) is 3.15. The predicted molar refractivity (Wildman–Crippen MR) is 67.4 cm³/mol. The number of thiazole rings is 1. The third-order valence-electron chi connectivity index (χ3n) is 3.12. The van der Waals surface area contributed by atoms with Gasteiger partial charge in [0.05, 0.1) is 12.3 Å². The molecule has 2 rings (SSSR count). The van der Waals surface area contributed by atoms with Gasteiger partial charge in [0.15, 0.2) is 5.13 Å². The largest absolute Gasteiger partial charge is 0.393 e. The highest BCUT2D eigenvalue weighted by atomic mass is 32.1. The van der Waals surface area contributed by atoms with Crippen LogP contribution in [0.5, 0.6) is 0 Å². The van der Waals surface area contributed by atoms with Crippen LogP contribution < -0.4 is 5.32 Å². The van der Waals surface area contributed by atoms with Crippen molar-refractivity contribution in [3.63, 3.8) is 0 Å². The average molecular weight is 255 g/mol. The summed E-state index contributed by atoms with van der Waals surface area (Å²) in [6, 6.07) is 0. The van der Waals surface area contributed by atoms with E-state index in [2.05, 4.69) is 10.3 Å². The molecule has 5 nitrogen and oxygen atoms in total. The monoisotopic (exact) mass is 255 g/mol. The molecule has 2 atom stereocenters. The van der Waals surface area contributed by atoms with Crippen LogP contribution in [0.4, 0.5) is 5.13 Å². The molecule has 1 aliphatic rings. The first-order valence-electron chi connectivity index (χ1n) is 5.72. The first-order chi connectivity index (χ1) is 8.11. The number of nitrogens with one attached hydrogen (secondary N) is 1. The maximum Gasteiger partial charge on any atom is 0.265 e. The molecule has 2 heterocycles. The van der Waals surface area contributed by atoms with Crippen LogP contribution in [0.25, 0.3) is 0 Å². The Morgan fingerprint density at radius 2 is 2.53 bits per heavy atom. The van der Waals surface area contributed by atoms with Gasteiger partial charge in [0.25, 0.3) is 5.91 Å². The number of aliphatic hydroxyl groups is 1. The topological polar surface area (TPSA) is 65.5 Å². The van der Waals surface area contributed by atoms with E-state index in [4.69, 9.17) is 0 Å². The number of aliphatic hydroxyl groups excluding tert-OH is 1. The fraction of sp³-hybridized carbons (Fsp3) is 0.636. The van der Waals surface area contributed by atoms with Crippen molar-refractivity contribution in [3.8, 4) is 0 Å². The fourth-order valence-corrected chi connectivity index (χ4v) is 2.75. The molecular weight excluding hydrogens is 238 g/mol. The minimum Gasteiger partial charge on any atom is -0.393 e. The number of likely N-dealkylation sites (tertiary alicyclic amines) is 1. The van der Waals surface area contributed by atoms with Crippen molar-refractivity contribution in [2.45, 2.75) is 19.4 Å². The Balaban J connectivity index is 2.01. The minimum absolute atomic E-state index is 0.0205. The molecule has 1 saturated heterocycles. The van der Waals surface area contributed by atoms with Crippen molar-refractivity contribution in [1.29, 1.82) is 0 Å². The molecule has 0 aliphatic carbocycles. The van der Waals surface area contributed by atoms with Crippen LogP contribution in [0.15, 0.2) is 6.20 Å². The summed E-state index contributed by atoms with van der Waals surface area (Å²) in [5.74, 6) is 0.225.